The average Bonchev–Trinajstić information content (AvgIpc) is 2.38. The van der Waals surface area contributed by atoms with E-state index in [0.29, 0.717) is 11.1 Å². The van der Waals surface area contributed by atoms with Crippen LogP contribution in [0.2, 0.25) is 0 Å². The SMILES string of the molecule is CC1CC(=O)NN=C1c1ccc2c(=S)nc[nH]c2c1. The molecule has 1 aromatic heterocycles. The van der Waals surface area contributed by atoms with Crippen molar-refractivity contribution in [2.24, 2.45) is 11.0 Å². The molecule has 1 atom stereocenters. The Kier molecular flexibility index (Phi) is 2.87. The van der Waals surface area contributed by atoms with Crippen molar-refractivity contribution in [1.29, 1.82) is 0 Å². The number of fused-ring (bicyclic) bond motifs is 1. The molecule has 2 aromatic rings. The van der Waals surface area contributed by atoms with Gasteiger partial charge in [-0.15, -0.1) is 0 Å². The quantitative estimate of drug-likeness (QED) is 0.781. The summed E-state index contributed by atoms with van der Waals surface area (Å²) in [5.41, 5.74) is 5.32. The molecule has 5 nitrogen and oxygen atoms in total. The number of aromatic nitrogens is 2. The van der Waals surface area contributed by atoms with Gasteiger partial charge < -0.3 is 4.98 Å². The lowest BCUT2D eigenvalue weighted by Gasteiger charge is -2.19. The van der Waals surface area contributed by atoms with Gasteiger partial charge in [0.1, 0.15) is 4.64 Å². The van der Waals surface area contributed by atoms with Crippen LogP contribution in [0.1, 0.15) is 18.9 Å². The summed E-state index contributed by atoms with van der Waals surface area (Å²) in [6.45, 7) is 2.00. The van der Waals surface area contributed by atoms with Gasteiger partial charge in [0.15, 0.2) is 0 Å². The number of H-pyrrole nitrogens is 1. The van der Waals surface area contributed by atoms with Crippen LogP contribution in [0.5, 0.6) is 0 Å². The van der Waals surface area contributed by atoms with E-state index in [-0.39, 0.29) is 11.8 Å². The number of carbonyl (C=O) groups excluding carboxylic acids is 1. The van der Waals surface area contributed by atoms with E-state index in [1.54, 1.807) is 6.33 Å². The number of carbonyl (C=O) groups is 1. The lowest BCUT2D eigenvalue weighted by Crippen LogP contribution is -2.31. The normalized spacial score (nSPS) is 19.1. The van der Waals surface area contributed by atoms with Gasteiger partial charge in [-0.25, -0.2) is 10.4 Å². The topological polar surface area (TPSA) is 70.1 Å². The fraction of sp³-hybridized carbons (Fsp3) is 0.231. The molecule has 2 N–H and O–H groups in total. The van der Waals surface area contributed by atoms with Crippen molar-refractivity contribution in [1.82, 2.24) is 15.4 Å². The number of aromatic amines is 1. The first kappa shape index (κ1) is 12.0. The van der Waals surface area contributed by atoms with E-state index in [9.17, 15) is 4.79 Å². The molecule has 0 spiro atoms. The van der Waals surface area contributed by atoms with Gasteiger partial charge in [0.25, 0.3) is 0 Å². The van der Waals surface area contributed by atoms with E-state index in [4.69, 9.17) is 12.2 Å². The Hall–Kier alpha value is -2.08. The van der Waals surface area contributed by atoms with Crippen LogP contribution in [0.15, 0.2) is 29.6 Å². The Morgan fingerprint density at radius 3 is 3.05 bits per heavy atom. The summed E-state index contributed by atoms with van der Waals surface area (Å²) in [5.74, 6) is 0.0663. The van der Waals surface area contributed by atoms with Crippen LogP contribution in [0.25, 0.3) is 10.9 Å². The highest BCUT2D eigenvalue weighted by molar-refractivity contribution is 7.71. The number of nitrogens with one attached hydrogen (secondary N) is 2. The largest absolute Gasteiger partial charge is 0.346 e. The molecule has 2 heterocycles. The maximum atomic E-state index is 11.3. The molecule has 0 saturated heterocycles. The summed E-state index contributed by atoms with van der Waals surface area (Å²) >= 11 is 5.17. The molecule has 0 aliphatic carbocycles. The fourth-order valence-corrected chi connectivity index (χ4v) is 2.47. The Morgan fingerprint density at radius 1 is 1.42 bits per heavy atom. The first-order chi connectivity index (χ1) is 9.15. The maximum absolute atomic E-state index is 11.3. The molecule has 1 aliphatic heterocycles. The zero-order valence-electron chi connectivity index (χ0n) is 10.3. The highest BCUT2D eigenvalue weighted by Crippen LogP contribution is 2.20. The first-order valence-corrected chi connectivity index (χ1v) is 6.40. The van der Waals surface area contributed by atoms with Gasteiger partial charge in [0.05, 0.1) is 17.6 Å². The van der Waals surface area contributed by atoms with Crippen LogP contribution in [-0.2, 0) is 4.79 Å². The van der Waals surface area contributed by atoms with Gasteiger partial charge in [-0.1, -0.05) is 25.2 Å². The molecule has 1 aromatic carbocycles. The van der Waals surface area contributed by atoms with E-state index in [2.05, 4.69) is 20.5 Å². The van der Waals surface area contributed by atoms with Crippen LogP contribution >= 0.6 is 12.2 Å². The third kappa shape index (κ3) is 2.15. The predicted octanol–water partition coefficient (Wildman–Crippen LogP) is 2.15. The number of hydrazone groups is 1. The zero-order chi connectivity index (χ0) is 13.4. The smallest absolute Gasteiger partial charge is 0.240 e. The minimum atomic E-state index is -0.0411. The molecule has 3 rings (SSSR count). The zero-order valence-corrected chi connectivity index (χ0v) is 11.1. The third-order valence-electron chi connectivity index (χ3n) is 3.21. The first-order valence-electron chi connectivity index (χ1n) is 5.99. The van der Waals surface area contributed by atoms with Crippen molar-refractivity contribution in [2.75, 3.05) is 0 Å². The van der Waals surface area contributed by atoms with Gasteiger partial charge in [0, 0.05) is 23.3 Å². The second-order valence-electron chi connectivity index (χ2n) is 4.61. The molecule has 96 valence electrons. The van der Waals surface area contributed by atoms with E-state index < -0.39 is 0 Å². The van der Waals surface area contributed by atoms with Crippen LogP contribution in [0.4, 0.5) is 0 Å². The summed E-state index contributed by atoms with van der Waals surface area (Å²) in [6, 6.07) is 5.88. The molecule has 0 bridgehead atoms. The lowest BCUT2D eigenvalue weighted by molar-refractivity contribution is -0.121. The molecular weight excluding hydrogens is 260 g/mol. The Bertz CT molecular complexity index is 750. The minimum Gasteiger partial charge on any atom is -0.346 e. The van der Waals surface area contributed by atoms with Crippen molar-refractivity contribution in [3.8, 4) is 0 Å². The lowest BCUT2D eigenvalue weighted by atomic mass is 9.93. The third-order valence-corrected chi connectivity index (χ3v) is 3.53. The van der Waals surface area contributed by atoms with Crippen LogP contribution in [-0.4, -0.2) is 21.6 Å². The Balaban J connectivity index is 2.12. The predicted molar refractivity (Wildman–Crippen MR) is 75.4 cm³/mol. The summed E-state index contributed by atoms with van der Waals surface area (Å²) in [6.07, 6.45) is 2.05. The van der Waals surface area contributed by atoms with Crippen molar-refractivity contribution in [3.63, 3.8) is 0 Å². The molecule has 1 unspecified atom stereocenters. The van der Waals surface area contributed by atoms with Gasteiger partial charge in [0.2, 0.25) is 5.91 Å². The monoisotopic (exact) mass is 272 g/mol. The molecule has 0 saturated carbocycles. The molecular formula is C13H12N4OS. The average molecular weight is 272 g/mol. The second-order valence-corrected chi connectivity index (χ2v) is 4.99. The van der Waals surface area contributed by atoms with Gasteiger partial charge >= 0.3 is 0 Å². The summed E-state index contributed by atoms with van der Waals surface area (Å²) in [4.78, 5) is 18.4. The fourth-order valence-electron chi connectivity index (χ4n) is 2.24. The van der Waals surface area contributed by atoms with E-state index >= 15 is 0 Å². The number of nitrogens with zero attached hydrogens (tertiary/aromatic N) is 2. The minimum absolute atomic E-state index is 0.0411. The number of benzene rings is 1. The summed E-state index contributed by atoms with van der Waals surface area (Å²) < 4.78 is 0.576. The molecule has 19 heavy (non-hydrogen) atoms. The van der Waals surface area contributed by atoms with Crippen molar-refractivity contribution < 1.29 is 4.79 Å². The van der Waals surface area contributed by atoms with Crippen LogP contribution < -0.4 is 5.43 Å². The van der Waals surface area contributed by atoms with Gasteiger partial charge in [-0.2, -0.15) is 5.10 Å². The van der Waals surface area contributed by atoms with E-state index in [0.717, 1.165) is 22.2 Å². The maximum Gasteiger partial charge on any atom is 0.240 e. The number of hydrogen-bond donors (Lipinski definition) is 2. The molecule has 6 heteroatoms. The van der Waals surface area contributed by atoms with Gasteiger partial charge in [-0.3, -0.25) is 4.79 Å². The van der Waals surface area contributed by atoms with Crippen molar-refractivity contribution in [2.45, 2.75) is 13.3 Å². The Labute approximate surface area is 114 Å². The second kappa shape index (κ2) is 4.55. The van der Waals surface area contributed by atoms with E-state index in [1.165, 1.54) is 0 Å². The number of hydrogen-bond acceptors (Lipinski definition) is 4. The standard InChI is InChI=1S/C13H12N4OS/c1-7-4-11(18)16-17-12(7)8-2-3-9-10(5-8)14-6-15-13(9)19/h2-3,5-7H,4H2,1H3,(H,16,18)(H,14,15,19). The number of amides is 1. The summed E-state index contributed by atoms with van der Waals surface area (Å²) in [7, 11) is 0. The molecule has 1 aliphatic rings. The Morgan fingerprint density at radius 2 is 2.26 bits per heavy atom. The van der Waals surface area contributed by atoms with Crippen LogP contribution in [0, 0.1) is 10.6 Å². The van der Waals surface area contributed by atoms with E-state index in [1.807, 2.05) is 25.1 Å². The van der Waals surface area contributed by atoms with Gasteiger partial charge in [-0.05, 0) is 12.1 Å². The van der Waals surface area contributed by atoms with Crippen molar-refractivity contribution in [3.05, 3.63) is 34.7 Å². The van der Waals surface area contributed by atoms with Crippen LogP contribution in [0.3, 0.4) is 0 Å². The molecule has 0 fully saturated rings. The number of rotatable bonds is 1. The molecule has 1 amide bonds. The summed E-state index contributed by atoms with van der Waals surface area (Å²) in [5, 5.41) is 5.06. The highest BCUT2D eigenvalue weighted by Gasteiger charge is 2.21. The van der Waals surface area contributed by atoms with Crippen molar-refractivity contribution >= 4 is 34.7 Å². The highest BCUT2D eigenvalue weighted by atomic mass is 32.1. The molecule has 0 radical (unpaired) electrons.